The Bertz CT molecular complexity index is 3560. The minimum absolute atomic E-state index is 0.171. The molecule has 23 heteroatoms. The molecule has 9 heterocycles. The van der Waals surface area contributed by atoms with Crippen LogP contribution in [0, 0.1) is 0 Å². The Labute approximate surface area is 447 Å². The Morgan fingerprint density at radius 3 is 1.45 bits per heavy atom. The van der Waals surface area contributed by atoms with Crippen molar-refractivity contribution in [2.45, 2.75) is 38.9 Å². The summed E-state index contributed by atoms with van der Waals surface area (Å²) in [6, 6.07) is 33.9. The van der Waals surface area contributed by atoms with Crippen LogP contribution in [0.5, 0.6) is 0 Å². The second-order valence-corrected chi connectivity index (χ2v) is 18.9. The number of furan rings is 5. The first-order valence-electron chi connectivity index (χ1n) is 21.7. The Morgan fingerprint density at radius 1 is 0.493 bits per heavy atom. The van der Waals surface area contributed by atoms with Crippen LogP contribution in [0.4, 0.5) is 0 Å². The molecule has 0 atom stereocenters. The maximum Gasteiger partial charge on any atom is 0.532 e. The minimum Gasteiger partial charge on any atom is -0.473 e. The highest BCUT2D eigenvalue weighted by Crippen LogP contribution is 2.37. The molecule has 1 aliphatic heterocycles. The molecule has 2 N–H and O–H groups in total. The molecule has 1 fully saturated rings. The van der Waals surface area contributed by atoms with Gasteiger partial charge < -0.3 is 41.4 Å². The van der Waals surface area contributed by atoms with Crippen molar-refractivity contribution in [3.05, 3.63) is 177 Å². The van der Waals surface area contributed by atoms with Crippen molar-refractivity contribution in [1.82, 2.24) is 29.9 Å². The zero-order chi connectivity index (χ0) is 51.9. The molecule has 1 aliphatic rings. The van der Waals surface area contributed by atoms with Crippen molar-refractivity contribution in [3.63, 3.8) is 0 Å². The Kier molecular flexibility index (Phi) is 17.0. The molecule has 3 aromatic carbocycles. The Balaban J connectivity index is 0.000000128. The highest BCUT2D eigenvalue weighted by Gasteiger charge is 2.53. The standard InChI is InChI=1S/C16H9ClN2O2.C14H16BClO3.C12H6Cl2N2O.C4H5BO3.C4H2Cl2N2/c17-11-4-3-10-8-15(21-14(10)9-11)16-18-6-5-12(19-16)13-2-1-7-20-13;1-13(2)14(3,4)19-15(18-13)12-7-9-5-6-10(16)8-11(9)17-12;13-8-2-1-7-5-10(17-9(7)6-8)12-15-4-3-11(14)16-12;6-5(7)4-2-1-3-8-4;5-3-1-2-7-4(6)8-3/h1-9H;5-8H,1-4H3;1-6H;1-3,6-7H;1-2H. The fourth-order valence-corrected chi connectivity index (χ4v) is 7.53. The van der Waals surface area contributed by atoms with Crippen molar-refractivity contribution in [2.24, 2.45) is 0 Å². The summed E-state index contributed by atoms with van der Waals surface area (Å²) >= 11 is 34.4. The van der Waals surface area contributed by atoms with Crippen LogP contribution < -0.4 is 11.3 Å². The molecule has 1 saturated heterocycles. The monoisotopic (exact) mass is 1100 g/mol. The van der Waals surface area contributed by atoms with Crippen LogP contribution >= 0.6 is 69.6 Å². The van der Waals surface area contributed by atoms with Gasteiger partial charge >= 0.3 is 14.2 Å². The lowest BCUT2D eigenvalue weighted by molar-refractivity contribution is 0.00578. The van der Waals surface area contributed by atoms with Crippen LogP contribution in [-0.2, 0) is 9.31 Å². The zero-order valence-electron chi connectivity index (χ0n) is 38.7. The molecule has 15 nitrogen and oxygen atoms in total. The van der Waals surface area contributed by atoms with Gasteiger partial charge in [-0.15, -0.1) is 0 Å². The third-order valence-electron chi connectivity index (χ3n) is 10.8. The van der Waals surface area contributed by atoms with E-state index in [1.54, 1.807) is 61.1 Å². The minimum atomic E-state index is -1.48. The number of aromatic nitrogens is 6. The topological polar surface area (TPSA) is 202 Å². The first kappa shape index (κ1) is 53.1. The van der Waals surface area contributed by atoms with Gasteiger partial charge in [-0.1, -0.05) is 58.0 Å². The van der Waals surface area contributed by atoms with E-state index in [2.05, 4.69) is 34.3 Å². The number of hydrogen-bond acceptors (Lipinski definition) is 15. The van der Waals surface area contributed by atoms with Crippen LogP contribution in [0.1, 0.15) is 27.7 Å². The molecule has 0 bridgehead atoms. The first-order valence-corrected chi connectivity index (χ1v) is 24.0. The number of fused-ring (bicyclic) bond motifs is 3. The summed E-state index contributed by atoms with van der Waals surface area (Å²) in [5.74, 6) is 2.84. The molecular formula is C50H38B2Cl6N6O9. The van der Waals surface area contributed by atoms with Crippen LogP contribution in [0.25, 0.3) is 67.5 Å². The summed E-state index contributed by atoms with van der Waals surface area (Å²) in [7, 11) is -1.96. The summed E-state index contributed by atoms with van der Waals surface area (Å²) in [5.41, 5.74) is 2.99. The Hall–Kier alpha value is -6.21. The quantitative estimate of drug-likeness (QED) is 0.0935. The molecule has 370 valence electrons. The smallest absolute Gasteiger partial charge is 0.473 e. The van der Waals surface area contributed by atoms with Gasteiger partial charge in [0.15, 0.2) is 28.9 Å². The number of halogens is 6. The summed E-state index contributed by atoms with van der Waals surface area (Å²) < 4.78 is 39.0. The lowest BCUT2D eigenvalue weighted by Gasteiger charge is -2.32. The lowest BCUT2D eigenvalue weighted by atomic mass is 9.86. The predicted molar refractivity (Wildman–Crippen MR) is 285 cm³/mol. The van der Waals surface area contributed by atoms with E-state index in [1.807, 2.05) is 94.4 Å². The fourth-order valence-electron chi connectivity index (χ4n) is 6.58. The molecule has 0 aliphatic carbocycles. The van der Waals surface area contributed by atoms with Gasteiger partial charge in [0.2, 0.25) is 5.28 Å². The molecular weight excluding hydrogens is 1060 g/mol. The summed E-state index contributed by atoms with van der Waals surface area (Å²) in [6.45, 7) is 8.08. The normalized spacial score (nSPS) is 13.3. The molecule has 8 aromatic heterocycles. The molecule has 0 spiro atoms. The number of nitrogens with zero attached hydrogens (tertiary/aromatic N) is 6. The molecule has 0 unspecified atom stereocenters. The molecule has 11 aromatic rings. The summed E-state index contributed by atoms with van der Waals surface area (Å²) in [5, 5.41) is 22.5. The van der Waals surface area contributed by atoms with Crippen molar-refractivity contribution in [1.29, 1.82) is 0 Å². The average molecular weight is 1100 g/mol. The molecule has 0 radical (unpaired) electrons. The predicted octanol–water partition coefficient (Wildman–Crippen LogP) is 13.1. The largest absolute Gasteiger partial charge is 0.532 e. The Morgan fingerprint density at radius 2 is 0.986 bits per heavy atom. The van der Waals surface area contributed by atoms with Crippen molar-refractivity contribution < 1.29 is 41.4 Å². The number of rotatable bonds is 5. The van der Waals surface area contributed by atoms with Crippen LogP contribution in [0.2, 0.25) is 30.7 Å². The van der Waals surface area contributed by atoms with Crippen molar-refractivity contribution >= 4 is 128 Å². The van der Waals surface area contributed by atoms with Gasteiger partial charge in [-0.25, -0.2) is 29.9 Å². The molecule has 73 heavy (non-hydrogen) atoms. The van der Waals surface area contributed by atoms with Gasteiger partial charge in [0.1, 0.15) is 44.1 Å². The van der Waals surface area contributed by atoms with Crippen molar-refractivity contribution in [2.75, 3.05) is 0 Å². The second kappa shape index (κ2) is 23.3. The van der Waals surface area contributed by atoms with Gasteiger partial charge in [0, 0.05) is 61.9 Å². The first-order chi connectivity index (χ1) is 34.9. The summed E-state index contributed by atoms with van der Waals surface area (Å²) in [6.07, 6.45) is 7.76. The zero-order valence-corrected chi connectivity index (χ0v) is 43.2. The van der Waals surface area contributed by atoms with E-state index in [1.165, 1.54) is 18.5 Å². The third-order valence-corrected chi connectivity index (χ3v) is 12.1. The second-order valence-electron chi connectivity index (χ2n) is 16.5. The van der Waals surface area contributed by atoms with Gasteiger partial charge in [-0.3, -0.25) is 0 Å². The lowest BCUT2D eigenvalue weighted by Crippen LogP contribution is -2.41. The maximum atomic E-state index is 8.37. The van der Waals surface area contributed by atoms with E-state index in [0.29, 0.717) is 76.8 Å². The average Bonchev–Trinajstić information content (AvgIpc) is 4.22. The van der Waals surface area contributed by atoms with E-state index in [-0.39, 0.29) is 22.1 Å². The van der Waals surface area contributed by atoms with E-state index < -0.39 is 14.2 Å². The molecule has 0 saturated carbocycles. The van der Waals surface area contributed by atoms with Gasteiger partial charge in [0.25, 0.3) is 0 Å². The maximum absolute atomic E-state index is 8.37. The molecule has 12 rings (SSSR count). The SMILES string of the molecule is CC1(C)OB(c2cc3ccc(Cl)cc3o2)OC1(C)C.Clc1ccc2cc(-c3nccc(-c4ccco4)n3)oc2c1.Clc1ccc2cc(-c3nccc(Cl)n3)oc2c1.Clc1ccnc(Cl)n1.OB(O)c1ccco1. The van der Waals surface area contributed by atoms with Crippen LogP contribution in [0.3, 0.4) is 0 Å². The van der Waals surface area contributed by atoms with E-state index >= 15 is 0 Å². The number of benzene rings is 3. The highest BCUT2D eigenvalue weighted by atomic mass is 35.5. The highest BCUT2D eigenvalue weighted by molar-refractivity contribution is 6.61. The van der Waals surface area contributed by atoms with E-state index in [0.717, 1.165) is 21.7 Å². The van der Waals surface area contributed by atoms with Gasteiger partial charge in [0.05, 0.1) is 23.7 Å². The van der Waals surface area contributed by atoms with E-state index in [4.69, 9.17) is 107 Å². The van der Waals surface area contributed by atoms with Gasteiger partial charge in [-0.05, 0) is 142 Å². The molecule has 0 amide bonds. The van der Waals surface area contributed by atoms with E-state index in [9.17, 15) is 0 Å². The van der Waals surface area contributed by atoms with Gasteiger partial charge in [-0.2, -0.15) is 0 Å². The van der Waals surface area contributed by atoms with Crippen molar-refractivity contribution in [3.8, 4) is 34.6 Å². The third kappa shape index (κ3) is 13.7. The van der Waals surface area contributed by atoms with Crippen LogP contribution in [-0.4, -0.2) is 65.4 Å². The van der Waals surface area contributed by atoms with Crippen LogP contribution in [0.15, 0.2) is 168 Å². The number of hydrogen-bond donors (Lipinski definition) is 2. The fraction of sp³-hybridized carbons (Fsp3) is 0.120. The summed E-state index contributed by atoms with van der Waals surface area (Å²) in [4.78, 5) is 24.1.